The molecule has 0 saturated heterocycles. The summed E-state index contributed by atoms with van der Waals surface area (Å²) in [6, 6.07) is 2.33. The Hall–Kier alpha value is 0.0500. The van der Waals surface area contributed by atoms with Crippen LogP contribution in [0.3, 0.4) is 0 Å². The minimum atomic E-state index is 0.821. The molecule has 0 spiro atoms. The quantitative estimate of drug-likeness (QED) is 0.576. The molecule has 54 valence electrons. The topological polar surface area (TPSA) is 0 Å². The van der Waals surface area contributed by atoms with Crippen molar-refractivity contribution in [2.24, 2.45) is 0 Å². The largest absolute Gasteiger partial charge is 0.134 e. The van der Waals surface area contributed by atoms with Gasteiger partial charge in [-0.2, -0.15) is 0 Å². The van der Waals surface area contributed by atoms with Crippen LogP contribution in [0.5, 0.6) is 0 Å². The molecule has 2 heteroatoms. The van der Waals surface area contributed by atoms with Crippen molar-refractivity contribution in [1.29, 1.82) is 0 Å². The van der Waals surface area contributed by atoms with Crippen molar-refractivity contribution in [3.8, 4) is 0 Å². The van der Waals surface area contributed by atoms with Gasteiger partial charge in [0, 0.05) is 10.1 Å². The molecule has 1 unspecified atom stereocenters. The maximum absolute atomic E-state index is 2.33. The number of hydrogen-bond donors (Lipinski definition) is 0. The summed E-state index contributed by atoms with van der Waals surface area (Å²) in [6.45, 7) is 4.49. The highest BCUT2D eigenvalue weighted by Gasteiger charge is 2.20. The van der Waals surface area contributed by atoms with Crippen molar-refractivity contribution in [3.05, 3.63) is 16.5 Å². The fourth-order valence-corrected chi connectivity index (χ4v) is 4.09. The van der Waals surface area contributed by atoms with Gasteiger partial charge in [0.15, 0.2) is 0 Å². The summed E-state index contributed by atoms with van der Waals surface area (Å²) in [5, 5.41) is 0.821. The molecule has 0 saturated carbocycles. The van der Waals surface area contributed by atoms with Crippen LogP contribution in [-0.2, 0) is 6.42 Å². The van der Waals surface area contributed by atoms with Gasteiger partial charge in [-0.15, -0.1) is 23.1 Å². The van der Waals surface area contributed by atoms with E-state index in [0.717, 1.165) is 5.25 Å². The van der Waals surface area contributed by atoms with E-state index in [0.29, 0.717) is 0 Å². The molecular formula is C8H10S2. The van der Waals surface area contributed by atoms with Crippen LogP contribution in [0.15, 0.2) is 10.3 Å². The number of hydrogen-bond acceptors (Lipinski definition) is 2. The SMILES string of the molecule is Cc1cc2c(s1)SC(C)C2. The van der Waals surface area contributed by atoms with Crippen molar-refractivity contribution >= 4 is 23.1 Å². The van der Waals surface area contributed by atoms with Crippen LogP contribution >= 0.6 is 23.1 Å². The summed E-state index contributed by atoms with van der Waals surface area (Å²) in [5.74, 6) is 0. The van der Waals surface area contributed by atoms with Crippen LogP contribution in [0.25, 0.3) is 0 Å². The lowest BCUT2D eigenvalue weighted by molar-refractivity contribution is 0.965. The van der Waals surface area contributed by atoms with Crippen molar-refractivity contribution in [1.82, 2.24) is 0 Å². The number of aryl methyl sites for hydroxylation is 1. The van der Waals surface area contributed by atoms with Gasteiger partial charge in [0.05, 0.1) is 4.21 Å². The molecular weight excluding hydrogens is 160 g/mol. The van der Waals surface area contributed by atoms with Crippen molar-refractivity contribution in [2.75, 3.05) is 0 Å². The van der Waals surface area contributed by atoms with E-state index in [2.05, 4.69) is 19.9 Å². The van der Waals surface area contributed by atoms with E-state index in [9.17, 15) is 0 Å². The van der Waals surface area contributed by atoms with E-state index in [1.807, 2.05) is 23.1 Å². The summed E-state index contributed by atoms with van der Waals surface area (Å²) in [6.07, 6.45) is 1.28. The second-order valence-electron chi connectivity index (χ2n) is 2.80. The van der Waals surface area contributed by atoms with Crippen molar-refractivity contribution < 1.29 is 0 Å². The third kappa shape index (κ3) is 0.995. The van der Waals surface area contributed by atoms with Gasteiger partial charge in [0.25, 0.3) is 0 Å². The van der Waals surface area contributed by atoms with E-state index < -0.39 is 0 Å². The first-order chi connectivity index (χ1) is 4.75. The Morgan fingerprint density at radius 1 is 1.60 bits per heavy atom. The Morgan fingerprint density at radius 2 is 2.40 bits per heavy atom. The van der Waals surface area contributed by atoms with E-state index >= 15 is 0 Å². The molecule has 2 rings (SSSR count). The van der Waals surface area contributed by atoms with Gasteiger partial charge in [-0.3, -0.25) is 0 Å². The van der Waals surface area contributed by atoms with Gasteiger partial charge < -0.3 is 0 Å². The van der Waals surface area contributed by atoms with Gasteiger partial charge >= 0.3 is 0 Å². The molecule has 0 radical (unpaired) electrons. The number of thiophene rings is 1. The van der Waals surface area contributed by atoms with Gasteiger partial charge in [0.1, 0.15) is 0 Å². The van der Waals surface area contributed by atoms with Gasteiger partial charge in [-0.25, -0.2) is 0 Å². The average molecular weight is 170 g/mol. The summed E-state index contributed by atoms with van der Waals surface area (Å²) < 4.78 is 1.56. The molecule has 1 aromatic rings. The number of rotatable bonds is 0. The van der Waals surface area contributed by atoms with E-state index in [-0.39, 0.29) is 0 Å². The lowest BCUT2D eigenvalue weighted by Crippen LogP contribution is -1.90. The van der Waals surface area contributed by atoms with Gasteiger partial charge in [-0.05, 0) is 25.0 Å². The van der Waals surface area contributed by atoms with Crippen LogP contribution in [0, 0.1) is 6.92 Å². The Labute approximate surface area is 69.6 Å². The fourth-order valence-electron chi connectivity index (χ4n) is 1.32. The molecule has 0 aromatic carbocycles. The maximum atomic E-state index is 2.33. The van der Waals surface area contributed by atoms with Crippen LogP contribution < -0.4 is 0 Å². The average Bonchev–Trinajstić information content (AvgIpc) is 2.21. The molecule has 1 aromatic heterocycles. The van der Waals surface area contributed by atoms with Crippen LogP contribution in [0.4, 0.5) is 0 Å². The van der Waals surface area contributed by atoms with Crippen molar-refractivity contribution in [3.63, 3.8) is 0 Å². The van der Waals surface area contributed by atoms with Gasteiger partial charge in [0.2, 0.25) is 0 Å². The molecule has 1 aliphatic heterocycles. The van der Waals surface area contributed by atoms with Crippen LogP contribution in [0.1, 0.15) is 17.4 Å². The van der Waals surface area contributed by atoms with Gasteiger partial charge in [-0.1, -0.05) is 6.92 Å². The van der Waals surface area contributed by atoms with Crippen molar-refractivity contribution in [2.45, 2.75) is 29.7 Å². The normalized spacial score (nSPS) is 23.2. The summed E-state index contributed by atoms with van der Waals surface area (Å²) >= 11 is 3.97. The monoisotopic (exact) mass is 170 g/mol. The lowest BCUT2D eigenvalue weighted by atomic mass is 10.2. The smallest absolute Gasteiger partial charge is 0.0636 e. The second kappa shape index (κ2) is 2.28. The third-order valence-electron chi connectivity index (χ3n) is 1.71. The zero-order valence-electron chi connectivity index (χ0n) is 6.18. The molecule has 0 amide bonds. The third-order valence-corrected chi connectivity index (χ3v) is 4.18. The van der Waals surface area contributed by atoms with E-state index in [4.69, 9.17) is 0 Å². The molecule has 0 N–H and O–H groups in total. The lowest BCUT2D eigenvalue weighted by Gasteiger charge is -1.95. The predicted octanol–water partition coefficient (Wildman–Crippen LogP) is 3.09. The maximum Gasteiger partial charge on any atom is 0.0636 e. The van der Waals surface area contributed by atoms with Crippen LogP contribution in [-0.4, -0.2) is 5.25 Å². The zero-order chi connectivity index (χ0) is 7.14. The highest BCUT2D eigenvalue weighted by molar-refractivity contribution is 8.02. The standard InChI is InChI=1S/C8H10S2/c1-5-3-7-4-6(2)10-8(7)9-5/h3,6H,4H2,1-2H3. The summed E-state index contributed by atoms with van der Waals surface area (Å²) in [7, 11) is 0. The molecule has 0 nitrogen and oxygen atoms in total. The first kappa shape index (κ1) is 6.74. The predicted molar refractivity (Wildman–Crippen MR) is 48.1 cm³/mol. The zero-order valence-corrected chi connectivity index (χ0v) is 7.81. The molecule has 1 atom stereocenters. The molecule has 10 heavy (non-hydrogen) atoms. The second-order valence-corrected chi connectivity index (χ2v) is 5.77. The Bertz CT molecular complexity index is 226. The highest BCUT2D eigenvalue weighted by atomic mass is 32.2. The minimum Gasteiger partial charge on any atom is -0.134 e. The Kier molecular flexibility index (Phi) is 1.53. The number of thioether (sulfide) groups is 1. The van der Waals surface area contributed by atoms with E-state index in [1.54, 1.807) is 9.77 Å². The molecule has 2 heterocycles. The molecule has 0 fully saturated rings. The number of fused-ring (bicyclic) bond motifs is 1. The first-order valence-corrected chi connectivity index (χ1v) is 5.21. The Balaban J connectivity index is 2.39. The summed E-state index contributed by atoms with van der Waals surface area (Å²) in [5.41, 5.74) is 1.58. The highest BCUT2D eigenvalue weighted by Crippen LogP contribution is 2.42. The molecule has 0 bridgehead atoms. The van der Waals surface area contributed by atoms with E-state index in [1.165, 1.54) is 11.3 Å². The first-order valence-electron chi connectivity index (χ1n) is 3.51. The summed E-state index contributed by atoms with van der Waals surface area (Å²) in [4.78, 5) is 1.46. The minimum absolute atomic E-state index is 0.821. The van der Waals surface area contributed by atoms with Crippen LogP contribution in [0.2, 0.25) is 0 Å². The molecule has 1 aliphatic rings. The molecule has 0 aliphatic carbocycles. The fraction of sp³-hybridized carbons (Fsp3) is 0.500. The Morgan fingerprint density at radius 3 is 3.10 bits per heavy atom.